The highest BCUT2D eigenvalue weighted by Crippen LogP contribution is 2.22. The number of amides is 2. The number of thiophene rings is 1. The number of hydrogen-bond acceptors (Lipinski definition) is 6. The fourth-order valence-electron chi connectivity index (χ4n) is 2.46. The smallest absolute Gasteiger partial charge is 0.322 e. The Bertz CT molecular complexity index is 1090. The molecule has 8 nitrogen and oxygen atoms in total. The number of carbonyl (C=O) groups is 2. The summed E-state index contributed by atoms with van der Waals surface area (Å²) in [6.07, 6.45) is 1.34. The average molecular weight is 408 g/mol. The van der Waals surface area contributed by atoms with Crippen LogP contribution in [0.3, 0.4) is 0 Å². The lowest BCUT2D eigenvalue weighted by molar-refractivity contribution is -0.380. The van der Waals surface area contributed by atoms with E-state index in [1.807, 2.05) is 19.1 Å². The first-order valence-corrected chi connectivity index (χ1v) is 9.30. The first kappa shape index (κ1) is 19.9. The third kappa shape index (κ3) is 5.11. The second kappa shape index (κ2) is 8.89. The number of rotatable bonds is 6. The van der Waals surface area contributed by atoms with E-state index in [-0.39, 0.29) is 10.9 Å². The molecular weight excluding hydrogens is 392 g/mol. The number of hydrogen-bond donors (Lipinski definition) is 2. The molecule has 1 heterocycles. The van der Waals surface area contributed by atoms with Gasteiger partial charge < -0.3 is 5.32 Å². The third-order valence-electron chi connectivity index (χ3n) is 3.95. The summed E-state index contributed by atoms with van der Waals surface area (Å²) in [6, 6.07) is 16.6. The molecule has 0 saturated carbocycles. The maximum absolute atomic E-state index is 12.3. The lowest BCUT2D eigenvalue weighted by Crippen LogP contribution is -2.18. The lowest BCUT2D eigenvalue weighted by atomic mass is 10.1. The highest BCUT2D eigenvalue weighted by molar-refractivity contribution is 7.16. The summed E-state index contributed by atoms with van der Waals surface area (Å²) in [5, 5.41) is 17.2. The number of benzene rings is 2. The highest BCUT2D eigenvalue weighted by atomic mass is 32.1. The van der Waals surface area contributed by atoms with Crippen molar-refractivity contribution in [2.45, 2.75) is 6.92 Å². The van der Waals surface area contributed by atoms with Gasteiger partial charge in [0.25, 0.3) is 11.8 Å². The standard InChI is InChI=1S/C20H16N4O4S/c1-13-4-2-3-5-17(13)20(26)22-15-8-6-14(7-9-15)19(25)23-21-12-16-10-11-18(29-16)24(27)28/h2-12H,1H3,(H,22,26)(H,23,25). The molecule has 2 aromatic carbocycles. The molecule has 0 atom stereocenters. The molecule has 2 N–H and O–H groups in total. The first-order chi connectivity index (χ1) is 13.9. The molecular formula is C20H16N4O4S. The van der Waals surface area contributed by atoms with E-state index in [1.165, 1.54) is 12.3 Å². The Morgan fingerprint density at radius 3 is 2.41 bits per heavy atom. The fraction of sp³-hybridized carbons (Fsp3) is 0.0500. The van der Waals surface area contributed by atoms with Crippen LogP contribution < -0.4 is 10.7 Å². The molecule has 0 saturated heterocycles. The molecule has 0 radical (unpaired) electrons. The van der Waals surface area contributed by atoms with E-state index in [4.69, 9.17) is 0 Å². The minimum atomic E-state index is -0.486. The van der Waals surface area contributed by atoms with Gasteiger partial charge in [-0.25, -0.2) is 5.43 Å². The van der Waals surface area contributed by atoms with Gasteiger partial charge in [0.05, 0.1) is 16.0 Å². The molecule has 0 fully saturated rings. The molecule has 3 rings (SSSR count). The summed E-state index contributed by atoms with van der Waals surface area (Å²) in [5.41, 5.74) is 4.73. The molecule has 2 amide bonds. The minimum absolute atomic E-state index is 0.00103. The largest absolute Gasteiger partial charge is 0.324 e. The number of hydrazone groups is 1. The number of carbonyl (C=O) groups excluding carboxylic acids is 2. The molecule has 3 aromatic rings. The summed E-state index contributed by atoms with van der Waals surface area (Å²) in [4.78, 5) is 35.2. The Kier molecular flexibility index (Phi) is 6.10. The molecule has 0 spiro atoms. The lowest BCUT2D eigenvalue weighted by Gasteiger charge is -2.08. The van der Waals surface area contributed by atoms with E-state index in [1.54, 1.807) is 42.5 Å². The van der Waals surface area contributed by atoms with Crippen molar-refractivity contribution in [3.8, 4) is 0 Å². The SMILES string of the molecule is Cc1ccccc1C(=O)Nc1ccc(C(=O)NN=Cc2ccc([N+](=O)[O-])s2)cc1. The Balaban J connectivity index is 1.58. The topological polar surface area (TPSA) is 114 Å². The van der Waals surface area contributed by atoms with Gasteiger partial charge in [-0.2, -0.15) is 5.10 Å². The van der Waals surface area contributed by atoms with Crippen molar-refractivity contribution < 1.29 is 14.5 Å². The molecule has 9 heteroatoms. The Labute approximate surface area is 170 Å². The summed E-state index contributed by atoms with van der Waals surface area (Å²) < 4.78 is 0. The predicted molar refractivity (Wildman–Crippen MR) is 112 cm³/mol. The average Bonchev–Trinajstić information content (AvgIpc) is 3.18. The second-order valence-electron chi connectivity index (χ2n) is 5.98. The van der Waals surface area contributed by atoms with E-state index < -0.39 is 10.8 Å². The van der Waals surface area contributed by atoms with Crippen molar-refractivity contribution in [2.24, 2.45) is 5.10 Å². The van der Waals surface area contributed by atoms with Gasteiger partial charge in [-0.05, 0) is 48.9 Å². The Hall–Kier alpha value is -3.85. The van der Waals surface area contributed by atoms with Crippen LogP contribution in [0, 0.1) is 17.0 Å². The molecule has 0 unspecified atom stereocenters. The molecule has 0 bridgehead atoms. The van der Waals surface area contributed by atoms with Crippen LogP contribution in [0.5, 0.6) is 0 Å². The van der Waals surface area contributed by atoms with Crippen molar-refractivity contribution in [3.05, 3.63) is 92.3 Å². The number of anilines is 1. The molecule has 29 heavy (non-hydrogen) atoms. The summed E-state index contributed by atoms with van der Waals surface area (Å²) in [5.74, 6) is -0.668. The molecule has 1 aromatic heterocycles. The normalized spacial score (nSPS) is 10.7. The van der Waals surface area contributed by atoms with Crippen LogP contribution in [0.4, 0.5) is 10.7 Å². The van der Waals surface area contributed by atoms with Crippen LogP contribution in [0.15, 0.2) is 65.8 Å². The quantitative estimate of drug-likeness (QED) is 0.365. The van der Waals surface area contributed by atoms with Crippen LogP contribution in [0.25, 0.3) is 0 Å². The van der Waals surface area contributed by atoms with Crippen LogP contribution in [0.1, 0.15) is 31.2 Å². The zero-order valence-electron chi connectivity index (χ0n) is 15.3. The van der Waals surface area contributed by atoms with Crippen molar-refractivity contribution in [1.82, 2.24) is 5.43 Å². The van der Waals surface area contributed by atoms with E-state index in [2.05, 4.69) is 15.8 Å². The van der Waals surface area contributed by atoms with E-state index in [9.17, 15) is 19.7 Å². The van der Waals surface area contributed by atoms with Gasteiger partial charge in [0, 0.05) is 22.9 Å². The van der Waals surface area contributed by atoms with Gasteiger partial charge >= 0.3 is 5.00 Å². The molecule has 146 valence electrons. The predicted octanol–water partition coefficient (Wildman–Crippen LogP) is 3.98. The third-order valence-corrected chi connectivity index (χ3v) is 4.92. The summed E-state index contributed by atoms with van der Waals surface area (Å²) >= 11 is 0.955. The summed E-state index contributed by atoms with van der Waals surface area (Å²) in [7, 11) is 0. The summed E-state index contributed by atoms with van der Waals surface area (Å²) in [6.45, 7) is 1.86. The van der Waals surface area contributed by atoms with Crippen LogP contribution in [-0.4, -0.2) is 23.0 Å². The van der Waals surface area contributed by atoms with Crippen LogP contribution >= 0.6 is 11.3 Å². The number of aryl methyl sites for hydroxylation is 1. The first-order valence-electron chi connectivity index (χ1n) is 8.49. The maximum Gasteiger partial charge on any atom is 0.324 e. The van der Waals surface area contributed by atoms with Gasteiger partial charge in [0.1, 0.15) is 0 Å². The zero-order valence-corrected chi connectivity index (χ0v) is 16.1. The van der Waals surface area contributed by atoms with E-state index >= 15 is 0 Å². The molecule has 0 aliphatic rings. The van der Waals surface area contributed by atoms with Crippen molar-refractivity contribution in [3.63, 3.8) is 0 Å². The van der Waals surface area contributed by atoms with Gasteiger partial charge in [-0.15, -0.1) is 0 Å². The number of nitrogens with zero attached hydrogens (tertiary/aromatic N) is 2. The number of nitro groups is 1. The van der Waals surface area contributed by atoms with Crippen molar-refractivity contribution in [1.29, 1.82) is 0 Å². The zero-order chi connectivity index (χ0) is 20.8. The Morgan fingerprint density at radius 1 is 1.03 bits per heavy atom. The molecule has 0 aliphatic carbocycles. The fourth-order valence-corrected chi connectivity index (χ4v) is 3.15. The number of nitrogens with one attached hydrogen (secondary N) is 2. The monoisotopic (exact) mass is 408 g/mol. The Morgan fingerprint density at radius 2 is 1.76 bits per heavy atom. The van der Waals surface area contributed by atoms with E-state index in [0.29, 0.717) is 21.7 Å². The van der Waals surface area contributed by atoms with Gasteiger partial charge in [-0.1, -0.05) is 29.5 Å². The van der Waals surface area contributed by atoms with Gasteiger partial charge in [0.15, 0.2) is 0 Å². The van der Waals surface area contributed by atoms with Crippen molar-refractivity contribution >= 4 is 40.1 Å². The van der Waals surface area contributed by atoms with Gasteiger partial charge in [-0.3, -0.25) is 19.7 Å². The molecule has 0 aliphatic heterocycles. The van der Waals surface area contributed by atoms with Gasteiger partial charge in [0.2, 0.25) is 0 Å². The second-order valence-corrected chi connectivity index (χ2v) is 7.07. The van der Waals surface area contributed by atoms with Crippen LogP contribution in [-0.2, 0) is 0 Å². The van der Waals surface area contributed by atoms with Crippen molar-refractivity contribution in [2.75, 3.05) is 5.32 Å². The minimum Gasteiger partial charge on any atom is -0.322 e. The highest BCUT2D eigenvalue weighted by Gasteiger charge is 2.10. The maximum atomic E-state index is 12.3. The van der Waals surface area contributed by atoms with E-state index in [0.717, 1.165) is 16.9 Å². The van der Waals surface area contributed by atoms with Crippen LogP contribution in [0.2, 0.25) is 0 Å².